The first-order valence-electron chi connectivity index (χ1n) is 5.12. The number of aliphatic hydroxyl groups is 1. The average molecular weight is 219 g/mol. The van der Waals surface area contributed by atoms with Crippen LogP contribution >= 0.6 is 0 Å². The largest absolute Gasteiger partial charge is 0.375 e. The average Bonchev–Trinajstić information content (AvgIpc) is 2.32. The molecule has 0 aliphatic heterocycles. The zero-order valence-electron chi connectivity index (χ0n) is 8.97. The van der Waals surface area contributed by atoms with Crippen LogP contribution in [0.25, 0.3) is 11.0 Å². The second-order valence-electron chi connectivity index (χ2n) is 3.40. The lowest BCUT2D eigenvalue weighted by Crippen LogP contribution is -2.32. The third-order valence-corrected chi connectivity index (χ3v) is 2.45. The van der Waals surface area contributed by atoms with E-state index in [1.54, 1.807) is 6.20 Å². The number of nitrogens with one attached hydrogen (secondary N) is 1. The monoisotopic (exact) mass is 219 g/mol. The summed E-state index contributed by atoms with van der Waals surface area (Å²) in [7, 11) is 0. The van der Waals surface area contributed by atoms with Gasteiger partial charge in [0, 0.05) is 17.1 Å². The SMILES string of the molecule is CCc1cc2cccnc2n(NCO)c1=O. The van der Waals surface area contributed by atoms with Crippen LogP contribution in [-0.4, -0.2) is 21.5 Å². The number of nitrogens with zero attached hydrogens (tertiary/aromatic N) is 2. The normalized spacial score (nSPS) is 10.6. The first kappa shape index (κ1) is 10.6. The number of hydrogen-bond donors (Lipinski definition) is 2. The Morgan fingerprint density at radius 2 is 2.38 bits per heavy atom. The molecule has 0 fully saturated rings. The first-order chi connectivity index (χ1) is 7.77. The highest BCUT2D eigenvalue weighted by Gasteiger charge is 2.07. The lowest BCUT2D eigenvalue weighted by molar-refractivity contribution is 0.309. The second-order valence-corrected chi connectivity index (χ2v) is 3.40. The van der Waals surface area contributed by atoms with E-state index in [-0.39, 0.29) is 12.3 Å². The van der Waals surface area contributed by atoms with Gasteiger partial charge in [-0.25, -0.2) is 9.66 Å². The minimum absolute atomic E-state index is 0.164. The van der Waals surface area contributed by atoms with Crippen LogP contribution in [-0.2, 0) is 6.42 Å². The number of rotatable bonds is 3. The van der Waals surface area contributed by atoms with E-state index in [2.05, 4.69) is 10.4 Å². The molecule has 0 aliphatic rings. The van der Waals surface area contributed by atoms with Crippen molar-refractivity contribution in [3.05, 3.63) is 40.3 Å². The van der Waals surface area contributed by atoms with Crippen LogP contribution in [0.3, 0.4) is 0 Å². The van der Waals surface area contributed by atoms with Gasteiger partial charge in [0.05, 0.1) is 0 Å². The Morgan fingerprint density at radius 3 is 3.06 bits per heavy atom. The Balaban J connectivity index is 2.80. The minimum atomic E-state index is -0.307. The van der Waals surface area contributed by atoms with E-state index in [4.69, 9.17) is 5.11 Å². The fourth-order valence-corrected chi connectivity index (χ4v) is 1.67. The molecular weight excluding hydrogens is 206 g/mol. The summed E-state index contributed by atoms with van der Waals surface area (Å²) in [4.78, 5) is 16.1. The molecule has 5 heteroatoms. The van der Waals surface area contributed by atoms with Crippen LogP contribution in [0.5, 0.6) is 0 Å². The van der Waals surface area contributed by atoms with Gasteiger partial charge < -0.3 is 5.11 Å². The quantitative estimate of drug-likeness (QED) is 0.736. The maximum atomic E-state index is 12.0. The topological polar surface area (TPSA) is 67.2 Å². The molecular formula is C11H13N3O2. The van der Waals surface area contributed by atoms with E-state index in [0.717, 1.165) is 5.39 Å². The van der Waals surface area contributed by atoms with Crippen LogP contribution in [0.4, 0.5) is 0 Å². The summed E-state index contributed by atoms with van der Waals surface area (Å²) < 4.78 is 1.29. The van der Waals surface area contributed by atoms with Crippen molar-refractivity contribution in [2.45, 2.75) is 13.3 Å². The third kappa shape index (κ3) is 1.65. The van der Waals surface area contributed by atoms with Crippen molar-refractivity contribution in [1.82, 2.24) is 9.66 Å². The Hall–Kier alpha value is -1.88. The van der Waals surface area contributed by atoms with Crippen LogP contribution in [0, 0.1) is 0 Å². The van der Waals surface area contributed by atoms with Crippen LogP contribution in [0.15, 0.2) is 29.2 Å². The van der Waals surface area contributed by atoms with Gasteiger partial charge in [-0.3, -0.25) is 10.2 Å². The summed E-state index contributed by atoms with van der Waals surface area (Å²) in [5.41, 5.74) is 3.65. The molecule has 2 heterocycles. The van der Waals surface area contributed by atoms with Crippen molar-refractivity contribution in [2.75, 3.05) is 12.2 Å². The van der Waals surface area contributed by atoms with Crippen molar-refractivity contribution < 1.29 is 5.11 Å². The van der Waals surface area contributed by atoms with E-state index in [0.29, 0.717) is 17.6 Å². The van der Waals surface area contributed by atoms with Gasteiger partial charge >= 0.3 is 0 Å². The molecule has 0 unspecified atom stereocenters. The summed E-state index contributed by atoms with van der Waals surface area (Å²) in [5.74, 6) is 0. The summed E-state index contributed by atoms with van der Waals surface area (Å²) in [5, 5.41) is 9.74. The van der Waals surface area contributed by atoms with Crippen molar-refractivity contribution >= 4 is 11.0 Å². The fourth-order valence-electron chi connectivity index (χ4n) is 1.67. The van der Waals surface area contributed by atoms with Gasteiger partial charge in [0.2, 0.25) is 0 Å². The molecule has 2 N–H and O–H groups in total. The standard InChI is InChI=1S/C11H13N3O2/c1-2-8-6-9-4-3-5-12-10(9)14(11(8)16)13-7-15/h3-6,13,15H,2,7H2,1H3. The molecule has 0 bridgehead atoms. The Labute approximate surface area is 92.3 Å². The molecule has 16 heavy (non-hydrogen) atoms. The zero-order valence-corrected chi connectivity index (χ0v) is 8.97. The Kier molecular flexibility index (Phi) is 2.87. The van der Waals surface area contributed by atoms with Crippen molar-refractivity contribution in [3.8, 4) is 0 Å². The highest BCUT2D eigenvalue weighted by atomic mass is 16.3. The molecule has 0 saturated carbocycles. The van der Waals surface area contributed by atoms with E-state index in [1.165, 1.54) is 4.68 Å². The van der Waals surface area contributed by atoms with Crippen molar-refractivity contribution in [1.29, 1.82) is 0 Å². The maximum Gasteiger partial charge on any atom is 0.274 e. The van der Waals surface area contributed by atoms with E-state index >= 15 is 0 Å². The summed E-state index contributed by atoms with van der Waals surface area (Å²) >= 11 is 0. The molecule has 0 atom stereocenters. The summed E-state index contributed by atoms with van der Waals surface area (Å²) in [6.45, 7) is 1.61. The van der Waals surface area contributed by atoms with E-state index < -0.39 is 0 Å². The fraction of sp³-hybridized carbons (Fsp3) is 0.273. The van der Waals surface area contributed by atoms with Crippen LogP contribution < -0.4 is 11.0 Å². The second kappa shape index (κ2) is 4.32. The maximum absolute atomic E-state index is 12.0. The third-order valence-electron chi connectivity index (χ3n) is 2.45. The molecule has 0 saturated heterocycles. The Morgan fingerprint density at radius 1 is 1.56 bits per heavy atom. The predicted octanol–water partition coefficient (Wildman–Crippen LogP) is 0.452. The van der Waals surface area contributed by atoms with Gasteiger partial charge in [0.1, 0.15) is 6.73 Å². The highest BCUT2D eigenvalue weighted by molar-refractivity contribution is 5.75. The van der Waals surface area contributed by atoms with Gasteiger partial charge in [-0.15, -0.1) is 0 Å². The van der Waals surface area contributed by atoms with Crippen molar-refractivity contribution in [2.24, 2.45) is 0 Å². The predicted molar refractivity (Wildman–Crippen MR) is 61.8 cm³/mol. The molecule has 0 aliphatic carbocycles. The van der Waals surface area contributed by atoms with Gasteiger partial charge in [-0.05, 0) is 24.6 Å². The molecule has 0 aromatic carbocycles. The molecule has 0 radical (unpaired) electrons. The van der Waals surface area contributed by atoms with E-state index in [1.807, 2.05) is 25.1 Å². The highest BCUT2D eigenvalue weighted by Crippen LogP contribution is 2.09. The smallest absolute Gasteiger partial charge is 0.274 e. The zero-order chi connectivity index (χ0) is 11.5. The van der Waals surface area contributed by atoms with Crippen LogP contribution in [0.1, 0.15) is 12.5 Å². The molecule has 2 aromatic heterocycles. The lowest BCUT2D eigenvalue weighted by atomic mass is 10.2. The number of aryl methyl sites for hydroxylation is 1. The molecule has 2 rings (SSSR count). The van der Waals surface area contributed by atoms with Crippen molar-refractivity contribution in [3.63, 3.8) is 0 Å². The molecule has 0 spiro atoms. The van der Waals surface area contributed by atoms with E-state index in [9.17, 15) is 4.79 Å². The number of aliphatic hydroxyl groups excluding tert-OH is 1. The number of hydrogen-bond acceptors (Lipinski definition) is 4. The number of pyridine rings is 2. The Bertz CT molecular complexity index is 563. The van der Waals surface area contributed by atoms with Crippen LogP contribution in [0.2, 0.25) is 0 Å². The summed E-state index contributed by atoms with van der Waals surface area (Å²) in [6.07, 6.45) is 2.26. The number of aromatic nitrogens is 2. The van der Waals surface area contributed by atoms with Gasteiger partial charge in [-0.2, -0.15) is 0 Å². The molecule has 2 aromatic rings. The van der Waals surface area contributed by atoms with Gasteiger partial charge in [-0.1, -0.05) is 6.92 Å². The summed E-state index contributed by atoms with van der Waals surface area (Å²) in [6, 6.07) is 5.53. The van der Waals surface area contributed by atoms with Gasteiger partial charge in [0.15, 0.2) is 5.65 Å². The molecule has 5 nitrogen and oxygen atoms in total. The lowest BCUT2D eigenvalue weighted by Gasteiger charge is -2.11. The van der Waals surface area contributed by atoms with Gasteiger partial charge in [0.25, 0.3) is 5.56 Å². The molecule has 0 amide bonds. The molecule has 84 valence electrons. The first-order valence-corrected chi connectivity index (χ1v) is 5.12. The number of fused-ring (bicyclic) bond motifs is 1. The minimum Gasteiger partial charge on any atom is -0.375 e.